The molecule has 1 aromatic heterocycles. The zero-order valence-electron chi connectivity index (χ0n) is 6.14. The van der Waals surface area contributed by atoms with Crippen LogP contribution in [0.5, 0.6) is 0 Å². The zero-order valence-corrected chi connectivity index (χ0v) is 6.14. The summed E-state index contributed by atoms with van der Waals surface area (Å²) < 4.78 is 1.61. The summed E-state index contributed by atoms with van der Waals surface area (Å²) in [6, 6.07) is 0. The molecule has 0 saturated carbocycles. The maximum atomic E-state index is 4.99. The van der Waals surface area contributed by atoms with Crippen LogP contribution < -0.4 is 0 Å². The molecule has 2 heterocycles. The van der Waals surface area contributed by atoms with E-state index in [9.17, 15) is 0 Å². The van der Waals surface area contributed by atoms with Crippen LogP contribution in [0.1, 0.15) is 13.3 Å². The van der Waals surface area contributed by atoms with Crippen molar-refractivity contribution in [2.45, 2.75) is 19.4 Å². The average molecular weight is 152 g/mol. The van der Waals surface area contributed by atoms with Crippen molar-refractivity contribution in [3.05, 3.63) is 12.4 Å². The molecule has 11 heavy (non-hydrogen) atoms. The van der Waals surface area contributed by atoms with E-state index in [1.54, 1.807) is 17.1 Å². The number of hydrogen-bond donors (Lipinski definition) is 0. The summed E-state index contributed by atoms with van der Waals surface area (Å²) in [6.45, 7) is 1.97. The quantitative estimate of drug-likeness (QED) is 0.535. The summed E-state index contributed by atoms with van der Waals surface area (Å²) in [6.07, 6.45) is 4.32. The average Bonchev–Trinajstić information content (AvgIpc) is 2.55. The third kappa shape index (κ3) is 1.09. The number of oxime groups is 1. The van der Waals surface area contributed by atoms with Crippen LogP contribution >= 0.6 is 0 Å². The van der Waals surface area contributed by atoms with E-state index in [0.717, 1.165) is 12.3 Å². The molecule has 1 aromatic rings. The third-order valence-corrected chi connectivity index (χ3v) is 1.50. The molecule has 0 radical (unpaired) electrons. The van der Waals surface area contributed by atoms with Gasteiger partial charge in [0, 0.05) is 0 Å². The molecule has 5 nitrogen and oxygen atoms in total. The van der Waals surface area contributed by atoms with Gasteiger partial charge in [-0.2, -0.15) is 0 Å². The third-order valence-electron chi connectivity index (χ3n) is 1.50. The van der Waals surface area contributed by atoms with Gasteiger partial charge in [0.15, 0.2) is 5.84 Å². The standard InChI is InChI=1S/C6H8N4O/c1-5-4-6(8-11-5)10-3-2-7-9-10/h2-3,5H,4H2,1H3. The van der Waals surface area contributed by atoms with Gasteiger partial charge in [-0.1, -0.05) is 10.4 Å². The first-order chi connectivity index (χ1) is 5.36. The van der Waals surface area contributed by atoms with Crippen molar-refractivity contribution < 1.29 is 4.84 Å². The fraction of sp³-hybridized carbons (Fsp3) is 0.500. The molecule has 0 spiro atoms. The van der Waals surface area contributed by atoms with Crippen molar-refractivity contribution >= 4 is 5.84 Å². The van der Waals surface area contributed by atoms with Gasteiger partial charge in [0.2, 0.25) is 0 Å². The summed E-state index contributed by atoms with van der Waals surface area (Å²) in [7, 11) is 0. The van der Waals surface area contributed by atoms with Crippen molar-refractivity contribution in [1.29, 1.82) is 0 Å². The van der Waals surface area contributed by atoms with Gasteiger partial charge >= 0.3 is 0 Å². The molecule has 0 fully saturated rings. The van der Waals surface area contributed by atoms with Crippen LogP contribution in [0, 0.1) is 0 Å². The molecular formula is C6H8N4O. The lowest BCUT2D eigenvalue weighted by molar-refractivity contribution is 0.0994. The van der Waals surface area contributed by atoms with Gasteiger partial charge in [-0.05, 0) is 6.92 Å². The maximum Gasteiger partial charge on any atom is 0.174 e. The fourth-order valence-corrected chi connectivity index (χ4v) is 0.964. The summed E-state index contributed by atoms with van der Waals surface area (Å²) >= 11 is 0. The number of nitrogens with zero attached hydrogens (tertiary/aromatic N) is 4. The molecule has 5 heteroatoms. The largest absolute Gasteiger partial charge is 0.391 e. The highest BCUT2D eigenvalue weighted by atomic mass is 16.6. The minimum absolute atomic E-state index is 0.161. The second kappa shape index (κ2) is 2.34. The number of rotatable bonds is 0. The first kappa shape index (κ1) is 6.33. The minimum atomic E-state index is 0.161. The highest BCUT2D eigenvalue weighted by Crippen LogP contribution is 2.09. The molecule has 1 aliphatic heterocycles. The van der Waals surface area contributed by atoms with Crippen molar-refractivity contribution in [3.8, 4) is 0 Å². The topological polar surface area (TPSA) is 52.3 Å². The Bertz CT molecular complexity index is 266. The van der Waals surface area contributed by atoms with E-state index in [0.29, 0.717) is 0 Å². The monoisotopic (exact) mass is 152 g/mol. The van der Waals surface area contributed by atoms with Gasteiger partial charge in [0.1, 0.15) is 6.10 Å². The Morgan fingerprint density at radius 2 is 2.64 bits per heavy atom. The Kier molecular flexibility index (Phi) is 1.34. The Morgan fingerprint density at radius 3 is 3.18 bits per heavy atom. The van der Waals surface area contributed by atoms with Crippen molar-refractivity contribution in [3.63, 3.8) is 0 Å². The van der Waals surface area contributed by atoms with E-state index in [4.69, 9.17) is 4.84 Å². The van der Waals surface area contributed by atoms with Gasteiger partial charge in [-0.25, -0.2) is 4.68 Å². The predicted molar refractivity (Wildman–Crippen MR) is 38.0 cm³/mol. The molecule has 2 rings (SSSR count). The lowest BCUT2D eigenvalue weighted by atomic mass is 10.3. The molecule has 1 unspecified atom stereocenters. The SMILES string of the molecule is CC1CC(n2ccnn2)=NO1. The highest BCUT2D eigenvalue weighted by molar-refractivity contribution is 5.84. The Balaban J connectivity index is 2.19. The molecule has 0 saturated heterocycles. The van der Waals surface area contributed by atoms with E-state index in [-0.39, 0.29) is 6.10 Å². The molecule has 58 valence electrons. The first-order valence-corrected chi connectivity index (χ1v) is 3.45. The molecule has 0 amide bonds. The van der Waals surface area contributed by atoms with Crippen molar-refractivity contribution in [2.24, 2.45) is 5.16 Å². The normalized spacial score (nSPS) is 23.0. The molecule has 0 aromatic carbocycles. The van der Waals surface area contributed by atoms with Gasteiger partial charge < -0.3 is 4.84 Å². The second-order valence-electron chi connectivity index (χ2n) is 2.48. The summed E-state index contributed by atoms with van der Waals surface area (Å²) in [4.78, 5) is 4.99. The van der Waals surface area contributed by atoms with Gasteiger partial charge in [-0.3, -0.25) is 0 Å². The van der Waals surface area contributed by atoms with Gasteiger partial charge in [0.25, 0.3) is 0 Å². The smallest absolute Gasteiger partial charge is 0.174 e. The van der Waals surface area contributed by atoms with E-state index in [1.165, 1.54) is 0 Å². The van der Waals surface area contributed by atoms with Crippen LogP contribution in [0.2, 0.25) is 0 Å². The first-order valence-electron chi connectivity index (χ1n) is 3.45. The van der Waals surface area contributed by atoms with E-state index < -0.39 is 0 Å². The second-order valence-corrected chi connectivity index (χ2v) is 2.48. The molecule has 0 aliphatic carbocycles. The Labute approximate surface area is 63.6 Å². The zero-order chi connectivity index (χ0) is 7.68. The van der Waals surface area contributed by atoms with Crippen LogP contribution in [0.4, 0.5) is 0 Å². The van der Waals surface area contributed by atoms with Crippen LogP contribution in [0.25, 0.3) is 0 Å². The van der Waals surface area contributed by atoms with Crippen LogP contribution in [0.3, 0.4) is 0 Å². The number of aromatic nitrogens is 3. The van der Waals surface area contributed by atoms with Gasteiger partial charge in [-0.15, -0.1) is 5.10 Å². The summed E-state index contributed by atoms with van der Waals surface area (Å²) in [5.41, 5.74) is 0. The van der Waals surface area contributed by atoms with E-state index in [2.05, 4.69) is 15.5 Å². The molecule has 1 aliphatic rings. The summed E-state index contributed by atoms with van der Waals surface area (Å²) in [5, 5.41) is 11.3. The van der Waals surface area contributed by atoms with Crippen molar-refractivity contribution in [1.82, 2.24) is 15.0 Å². The molecular weight excluding hydrogens is 144 g/mol. The predicted octanol–water partition coefficient (Wildman–Crippen LogP) is 0.248. The van der Waals surface area contributed by atoms with Crippen molar-refractivity contribution in [2.75, 3.05) is 0 Å². The fourth-order valence-electron chi connectivity index (χ4n) is 0.964. The minimum Gasteiger partial charge on any atom is -0.391 e. The summed E-state index contributed by atoms with van der Waals surface area (Å²) in [5.74, 6) is 0.815. The van der Waals surface area contributed by atoms with Crippen LogP contribution in [-0.2, 0) is 4.84 Å². The van der Waals surface area contributed by atoms with E-state index in [1.807, 2.05) is 6.92 Å². The number of hydrogen-bond acceptors (Lipinski definition) is 4. The lowest BCUT2D eigenvalue weighted by Gasteiger charge is -1.95. The lowest BCUT2D eigenvalue weighted by Crippen LogP contribution is -2.12. The van der Waals surface area contributed by atoms with E-state index >= 15 is 0 Å². The van der Waals surface area contributed by atoms with Gasteiger partial charge in [0.05, 0.1) is 18.8 Å². The van der Waals surface area contributed by atoms with Crippen LogP contribution in [-0.4, -0.2) is 26.9 Å². The Morgan fingerprint density at radius 1 is 1.73 bits per heavy atom. The van der Waals surface area contributed by atoms with Crippen LogP contribution in [0.15, 0.2) is 17.5 Å². The molecule has 0 bridgehead atoms. The molecule has 0 N–H and O–H groups in total. The molecule has 1 atom stereocenters. The maximum absolute atomic E-state index is 4.99. The highest BCUT2D eigenvalue weighted by Gasteiger charge is 2.17. The Hall–Kier alpha value is -1.39.